The van der Waals surface area contributed by atoms with E-state index >= 15 is 0 Å². The summed E-state index contributed by atoms with van der Waals surface area (Å²) in [5.74, 6) is 0. The highest BCUT2D eigenvalue weighted by Crippen LogP contribution is 2.25. The van der Waals surface area contributed by atoms with Gasteiger partial charge in [0, 0.05) is 9.37 Å². The maximum Gasteiger partial charge on any atom is 0.0935 e. The maximum absolute atomic E-state index is 8.58. The summed E-state index contributed by atoms with van der Waals surface area (Å²) in [5, 5.41) is 8.60. The first-order valence-electron chi connectivity index (χ1n) is 3.54. The summed E-state index contributed by atoms with van der Waals surface area (Å²) in [4.78, 5) is 1.12. The fourth-order valence-electron chi connectivity index (χ4n) is 0.771. The van der Waals surface area contributed by atoms with Crippen molar-refractivity contribution in [2.75, 3.05) is 0 Å². The Balaban J connectivity index is 2.71. The van der Waals surface area contributed by atoms with Gasteiger partial charge in [-0.05, 0) is 25.1 Å². The lowest BCUT2D eigenvalue weighted by Crippen LogP contribution is -1.88. The molecule has 0 spiro atoms. The summed E-state index contributed by atoms with van der Waals surface area (Å²) in [6, 6.07) is 10.1. The van der Waals surface area contributed by atoms with Gasteiger partial charge in [-0.1, -0.05) is 22.0 Å². The first-order chi connectivity index (χ1) is 5.72. The minimum atomic E-state index is 0.0132. The average molecular weight is 242 g/mol. The van der Waals surface area contributed by atoms with Gasteiger partial charge in [-0.2, -0.15) is 5.26 Å². The van der Waals surface area contributed by atoms with Gasteiger partial charge in [0.15, 0.2) is 0 Å². The summed E-state index contributed by atoms with van der Waals surface area (Å²) in [7, 11) is 0. The highest BCUT2D eigenvalue weighted by atomic mass is 79.9. The van der Waals surface area contributed by atoms with Gasteiger partial charge in [-0.25, -0.2) is 0 Å². The van der Waals surface area contributed by atoms with Gasteiger partial charge in [-0.15, -0.1) is 11.8 Å². The molecule has 1 rings (SSSR count). The van der Waals surface area contributed by atoms with Gasteiger partial charge in [0.25, 0.3) is 0 Å². The molecule has 0 amide bonds. The summed E-state index contributed by atoms with van der Waals surface area (Å²) in [6.45, 7) is 1.89. The van der Waals surface area contributed by atoms with E-state index in [1.54, 1.807) is 11.8 Å². The number of halogens is 1. The molecular weight excluding hydrogens is 234 g/mol. The molecule has 0 saturated carbocycles. The zero-order valence-corrected chi connectivity index (χ0v) is 9.02. The Labute approximate surface area is 84.9 Å². The Kier molecular flexibility index (Phi) is 3.64. The van der Waals surface area contributed by atoms with Crippen LogP contribution in [0, 0.1) is 11.3 Å². The van der Waals surface area contributed by atoms with E-state index in [2.05, 4.69) is 22.0 Å². The predicted octanol–water partition coefficient (Wildman–Crippen LogP) is 3.45. The maximum atomic E-state index is 8.58. The minimum Gasteiger partial charge on any atom is -0.197 e. The van der Waals surface area contributed by atoms with Gasteiger partial charge >= 0.3 is 0 Å². The summed E-state index contributed by atoms with van der Waals surface area (Å²) in [6.07, 6.45) is 0. The molecular formula is C9H8BrNS. The van der Waals surface area contributed by atoms with Gasteiger partial charge in [0.2, 0.25) is 0 Å². The van der Waals surface area contributed by atoms with Crippen molar-refractivity contribution in [3.63, 3.8) is 0 Å². The lowest BCUT2D eigenvalue weighted by Gasteiger charge is -2.01. The monoisotopic (exact) mass is 241 g/mol. The third-order valence-corrected chi connectivity index (χ3v) is 2.77. The van der Waals surface area contributed by atoms with E-state index in [4.69, 9.17) is 5.26 Å². The highest BCUT2D eigenvalue weighted by Gasteiger charge is 2.01. The van der Waals surface area contributed by atoms with Crippen LogP contribution in [0.3, 0.4) is 0 Å². The van der Waals surface area contributed by atoms with Crippen LogP contribution in [0.4, 0.5) is 0 Å². The molecule has 0 unspecified atom stereocenters. The molecule has 3 heteroatoms. The summed E-state index contributed by atoms with van der Waals surface area (Å²) < 4.78 is 1.05. The van der Waals surface area contributed by atoms with Crippen molar-refractivity contribution in [3.05, 3.63) is 28.7 Å². The van der Waals surface area contributed by atoms with Gasteiger partial charge in [0.05, 0.1) is 11.3 Å². The van der Waals surface area contributed by atoms with E-state index < -0.39 is 0 Å². The molecule has 62 valence electrons. The third kappa shape index (κ3) is 2.88. The van der Waals surface area contributed by atoms with Crippen molar-refractivity contribution in [3.8, 4) is 6.07 Å². The second kappa shape index (κ2) is 4.54. The summed E-state index contributed by atoms with van der Waals surface area (Å²) in [5.41, 5.74) is 0. The van der Waals surface area contributed by atoms with E-state index in [-0.39, 0.29) is 5.25 Å². The Morgan fingerprint density at radius 3 is 2.92 bits per heavy atom. The normalized spacial score (nSPS) is 12.1. The minimum absolute atomic E-state index is 0.0132. The average Bonchev–Trinajstić information content (AvgIpc) is 2.04. The molecule has 1 nitrogen and oxygen atoms in total. The van der Waals surface area contributed by atoms with Gasteiger partial charge in [0.1, 0.15) is 0 Å². The second-order valence-electron chi connectivity index (χ2n) is 2.35. The van der Waals surface area contributed by atoms with Crippen molar-refractivity contribution in [2.45, 2.75) is 17.1 Å². The van der Waals surface area contributed by atoms with E-state index in [9.17, 15) is 0 Å². The van der Waals surface area contributed by atoms with Crippen molar-refractivity contribution in [1.29, 1.82) is 5.26 Å². The number of benzene rings is 1. The Hall–Kier alpha value is -0.460. The third-order valence-electron chi connectivity index (χ3n) is 1.29. The van der Waals surface area contributed by atoms with Crippen molar-refractivity contribution in [1.82, 2.24) is 0 Å². The number of hydrogen-bond acceptors (Lipinski definition) is 2. The van der Waals surface area contributed by atoms with E-state index in [1.165, 1.54) is 0 Å². The van der Waals surface area contributed by atoms with Crippen LogP contribution in [-0.2, 0) is 0 Å². The summed E-state index contributed by atoms with van der Waals surface area (Å²) >= 11 is 4.94. The van der Waals surface area contributed by atoms with Crippen LogP contribution >= 0.6 is 27.7 Å². The first-order valence-corrected chi connectivity index (χ1v) is 5.21. The molecule has 12 heavy (non-hydrogen) atoms. The van der Waals surface area contributed by atoms with Crippen molar-refractivity contribution >= 4 is 27.7 Å². The van der Waals surface area contributed by atoms with Crippen LogP contribution in [0.15, 0.2) is 33.6 Å². The predicted molar refractivity (Wildman–Crippen MR) is 55.1 cm³/mol. The number of rotatable bonds is 2. The molecule has 0 N–H and O–H groups in total. The Morgan fingerprint density at radius 2 is 2.33 bits per heavy atom. The van der Waals surface area contributed by atoms with Crippen molar-refractivity contribution < 1.29 is 0 Å². The van der Waals surface area contributed by atoms with Gasteiger partial charge < -0.3 is 0 Å². The fourth-order valence-corrected chi connectivity index (χ4v) is 2.13. The second-order valence-corrected chi connectivity index (χ2v) is 4.68. The molecule has 0 heterocycles. The molecule has 0 aliphatic rings. The molecule has 0 aliphatic heterocycles. The van der Waals surface area contributed by atoms with E-state index in [1.807, 2.05) is 31.2 Å². The molecule has 0 fully saturated rings. The van der Waals surface area contributed by atoms with E-state index in [0.717, 1.165) is 9.37 Å². The Bertz CT molecular complexity index is 306. The lowest BCUT2D eigenvalue weighted by atomic mass is 10.4. The fraction of sp³-hybridized carbons (Fsp3) is 0.222. The number of nitrogens with zero attached hydrogens (tertiary/aromatic N) is 1. The van der Waals surface area contributed by atoms with Crippen LogP contribution in [-0.4, -0.2) is 5.25 Å². The largest absolute Gasteiger partial charge is 0.197 e. The van der Waals surface area contributed by atoms with Crippen LogP contribution in [0.2, 0.25) is 0 Å². The SMILES string of the molecule is C[C@H](C#N)Sc1cccc(Br)c1. The topological polar surface area (TPSA) is 23.8 Å². The quantitative estimate of drug-likeness (QED) is 0.741. The van der Waals surface area contributed by atoms with Crippen LogP contribution in [0.5, 0.6) is 0 Å². The van der Waals surface area contributed by atoms with E-state index in [0.29, 0.717) is 0 Å². The van der Waals surface area contributed by atoms with Gasteiger partial charge in [-0.3, -0.25) is 0 Å². The van der Waals surface area contributed by atoms with Crippen LogP contribution < -0.4 is 0 Å². The number of hydrogen-bond donors (Lipinski definition) is 0. The molecule has 1 aromatic carbocycles. The molecule has 0 aromatic heterocycles. The standard InChI is InChI=1S/C9H8BrNS/c1-7(6-11)12-9-4-2-3-8(10)5-9/h2-5,7H,1H3/t7-/m1/s1. The Morgan fingerprint density at radius 1 is 1.58 bits per heavy atom. The zero-order chi connectivity index (χ0) is 8.97. The molecule has 1 aromatic rings. The highest BCUT2D eigenvalue weighted by molar-refractivity contribution is 9.10. The smallest absolute Gasteiger partial charge is 0.0935 e. The molecule has 0 radical (unpaired) electrons. The molecule has 0 saturated heterocycles. The molecule has 0 aliphatic carbocycles. The number of nitriles is 1. The molecule has 0 bridgehead atoms. The molecule has 1 atom stereocenters. The first kappa shape index (κ1) is 9.63. The van der Waals surface area contributed by atoms with Crippen LogP contribution in [0.1, 0.15) is 6.92 Å². The lowest BCUT2D eigenvalue weighted by molar-refractivity contribution is 1.23. The zero-order valence-electron chi connectivity index (χ0n) is 6.62. The van der Waals surface area contributed by atoms with Crippen molar-refractivity contribution in [2.24, 2.45) is 0 Å². The van der Waals surface area contributed by atoms with Crippen LogP contribution in [0.25, 0.3) is 0 Å². The number of thioether (sulfide) groups is 1.